The van der Waals surface area contributed by atoms with E-state index >= 15 is 0 Å². The van der Waals surface area contributed by atoms with Crippen LogP contribution in [0.1, 0.15) is 51.5 Å². The first-order valence-corrected chi connectivity index (χ1v) is 12.0. The largest absolute Gasteiger partial charge is 0.494 e. The third kappa shape index (κ3) is 7.37. The number of hydrogen-bond donors (Lipinski definition) is 1. The summed E-state index contributed by atoms with van der Waals surface area (Å²) in [6, 6.07) is 13.1. The first-order valence-electron chi connectivity index (χ1n) is 12.0. The number of pyridine rings is 1. The van der Waals surface area contributed by atoms with Crippen molar-refractivity contribution in [3.05, 3.63) is 59.7 Å². The number of esters is 1. The molecule has 8 nitrogen and oxygen atoms in total. The van der Waals surface area contributed by atoms with Crippen molar-refractivity contribution in [2.24, 2.45) is 4.99 Å². The zero-order valence-corrected chi connectivity index (χ0v) is 20.1. The van der Waals surface area contributed by atoms with Gasteiger partial charge in [0, 0.05) is 45.5 Å². The predicted molar refractivity (Wildman–Crippen MR) is 128 cm³/mol. The van der Waals surface area contributed by atoms with E-state index in [1.54, 1.807) is 24.0 Å². The van der Waals surface area contributed by atoms with Gasteiger partial charge in [-0.3, -0.25) is 14.6 Å². The lowest BCUT2D eigenvalue weighted by Gasteiger charge is -2.42. The van der Waals surface area contributed by atoms with Crippen LogP contribution >= 0.6 is 0 Å². The molecule has 1 aliphatic heterocycles. The number of piperidine rings is 1. The van der Waals surface area contributed by atoms with Crippen molar-refractivity contribution < 1.29 is 24.3 Å². The zero-order chi connectivity index (χ0) is 24.4. The normalized spacial score (nSPS) is 18.5. The zero-order valence-electron chi connectivity index (χ0n) is 20.1. The summed E-state index contributed by atoms with van der Waals surface area (Å²) in [4.78, 5) is 30.5. The molecule has 1 fully saturated rings. The molecule has 1 amide bonds. The van der Waals surface area contributed by atoms with Gasteiger partial charge in [0.1, 0.15) is 11.4 Å². The molecule has 1 aliphatic rings. The Hall–Kier alpha value is -3.29. The van der Waals surface area contributed by atoms with E-state index in [2.05, 4.69) is 4.99 Å². The Bertz CT molecular complexity index is 1020. The predicted octanol–water partition coefficient (Wildman–Crippen LogP) is 3.36. The third-order valence-electron chi connectivity index (χ3n) is 5.88. The minimum Gasteiger partial charge on any atom is -0.494 e. The summed E-state index contributed by atoms with van der Waals surface area (Å²) in [5.41, 5.74) is 0.848. The van der Waals surface area contributed by atoms with E-state index in [0.29, 0.717) is 51.0 Å². The lowest BCUT2D eigenvalue weighted by molar-refractivity contribution is -0.168. The van der Waals surface area contributed by atoms with Crippen LogP contribution in [0.15, 0.2) is 53.7 Å². The molecule has 1 saturated heterocycles. The summed E-state index contributed by atoms with van der Waals surface area (Å²) in [5.74, 6) is 0.555. The highest BCUT2D eigenvalue weighted by Gasteiger charge is 2.40. The quantitative estimate of drug-likeness (QED) is 0.327. The minimum absolute atomic E-state index is 0.00664. The molecule has 1 aromatic heterocycles. The second-order valence-corrected chi connectivity index (χ2v) is 8.76. The number of ether oxygens (including phenoxy) is 2. The summed E-state index contributed by atoms with van der Waals surface area (Å²) in [5, 5.41) is 9.67. The van der Waals surface area contributed by atoms with Crippen LogP contribution in [0.4, 0.5) is 0 Å². The van der Waals surface area contributed by atoms with Crippen LogP contribution in [0.5, 0.6) is 5.75 Å². The maximum atomic E-state index is 12.3. The monoisotopic (exact) mass is 469 g/mol. The molecule has 1 atom stereocenters. The Kier molecular flexibility index (Phi) is 9.13. The van der Waals surface area contributed by atoms with E-state index in [1.807, 2.05) is 37.3 Å². The molecule has 3 rings (SSSR count). The maximum Gasteiger partial charge on any atom is 0.306 e. The van der Waals surface area contributed by atoms with Gasteiger partial charge in [0.25, 0.3) is 0 Å². The molecule has 1 N–H and O–H groups in total. The van der Waals surface area contributed by atoms with Crippen molar-refractivity contribution in [1.29, 1.82) is 0 Å². The summed E-state index contributed by atoms with van der Waals surface area (Å²) < 4.78 is 12.8. The maximum absolute atomic E-state index is 12.3. The number of likely N-dealkylation sites (tertiary alicyclic amines) is 1. The Labute approximate surface area is 200 Å². The number of aromatic nitrogens is 1. The van der Waals surface area contributed by atoms with Gasteiger partial charge in [0.05, 0.1) is 13.2 Å². The van der Waals surface area contributed by atoms with Crippen molar-refractivity contribution in [2.45, 2.75) is 58.0 Å². The lowest BCUT2D eigenvalue weighted by Crippen LogP contribution is -2.53. The van der Waals surface area contributed by atoms with Gasteiger partial charge in [-0.1, -0.05) is 25.1 Å². The number of nitrogens with zero attached hydrogens (tertiary/aromatic N) is 3. The Morgan fingerprint density at radius 2 is 1.97 bits per heavy atom. The van der Waals surface area contributed by atoms with Crippen molar-refractivity contribution in [3.8, 4) is 5.75 Å². The van der Waals surface area contributed by atoms with Gasteiger partial charge in [-0.2, -0.15) is 4.73 Å². The average Bonchev–Trinajstić information content (AvgIpc) is 2.81. The number of carbonyl (C=O) groups is 2. The topological polar surface area (TPSA) is 93.4 Å². The van der Waals surface area contributed by atoms with Crippen LogP contribution < -0.4 is 10.2 Å². The average molecular weight is 470 g/mol. The fourth-order valence-corrected chi connectivity index (χ4v) is 4.20. The first kappa shape index (κ1) is 25.3. The second kappa shape index (κ2) is 12.3. The molecule has 0 bridgehead atoms. The molecule has 0 aliphatic carbocycles. The van der Waals surface area contributed by atoms with Gasteiger partial charge >= 0.3 is 5.97 Å². The van der Waals surface area contributed by atoms with Crippen molar-refractivity contribution >= 4 is 11.9 Å². The van der Waals surface area contributed by atoms with E-state index in [4.69, 9.17) is 9.47 Å². The number of hydrogen-bond acceptors (Lipinski definition) is 6. The molecular weight excluding hydrogens is 434 g/mol. The van der Waals surface area contributed by atoms with Crippen LogP contribution in [0.2, 0.25) is 0 Å². The number of benzene rings is 1. The highest BCUT2D eigenvalue weighted by molar-refractivity contribution is 5.74. The number of amides is 1. The van der Waals surface area contributed by atoms with Crippen LogP contribution in [-0.2, 0) is 20.7 Å². The van der Waals surface area contributed by atoms with Crippen LogP contribution in [0.3, 0.4) is 0 Å². The second-order valence-electron chi connectivity index (χ2n) is 8.76. The van der Waals surface area contributed by atoms with Gasteiger partial charge in [0.2, 0.25) is 5.91 Å². The molecule has 0 saturated carbocycles. The van der Waals surface area contributed by atoms with Gasteiger partial charge in [0.15, 0.2) is 5.49 Å². The van der Waals surface area contributed by atoms with E-state index in [-0.39, 0.29) is 11.9 Å². The smallest absolute Gasteiger partial charge is 0.306 e. The highest BCUT2D eigenvalue weighted by atomic mass is 16.6. The van der Waals surface area contributed by atoms with E-state index in [1.165, 1.54) is 6.20 Å². The Morgan fingerprint density at radius 1 is 1.18 bits per heavy atom. The standard InChI is InChI=1S/C26H35N3O5/c1-3-8-25(31)34-26(14-6-16-28(20-26)21(2)30)19-22-10-12-23(13-11-22)33-18-7-15-27-24-9-4-5-17-29(24)32/h4-5,9-13,17,32H,3,6-8,14-16,18-20H2,1-2H3. The van der Waals surface area contributed by atoms with Crippen LogP contribution in [-0.4, -0.2) is 58.6 Å². The molecule has 2 aromatic rings. The summed E-state index contributed by atoms with van der Waals surface area (Å²) in [7, 11) is 0. The number of carbonyl (C=O) groups excluding carboxylic acids is 2. The molecule has 34 heavy (non-hydrogen) atoms. The fraction of sp³-hybridized carbons (Fsp3) is 0.500. The van der Waals surface area contributed by atoms with E-state index in [9.17, 15) is 14.8 Å². The molecular formula is C26H35N3O5. The first-order chi connectivity index (χ1) is 16.4. The number of rotatable bonds is 10. The molecule has 0 spiro atoms. The van der Waals surface area contributed by atoms with Crippen molar-refractivity contribution in [1.82, 2.24) is 9.63 Å². The van der Waals surface area contributed by atoms with Crippen LogP contribution in [0.25, 0.3) is 0 Å². The van der Waals surface area contributed by atoms with Crippen LogP contribution in [0, 0.1) is 0 Å². The lowest BCUT2D eigenvalue weighted by atomic mass is 9.86. The van der Waals surface area contributed by atoms with Crippen molar-refractivity contribution in [3.63, 3.8) is 0 Å². The molecule has 2 heterocycles. The third-order valence-corrected chi connectivity index (χ3v) is 5.88. The summed E-state index contributed by atoms with van der Waals surface area (Å²) in [6.45, 7) is 5.69. The Morgan fingerprint density at radius 3 is 2.68 bits per heavy atom. The van der Waals surface area contributed by atoms with E-state index < -0.39 is 5.60 Å². The molecule has 1 unspecified atom stereocenters. The SMILES string of the molecule is CCCC(=O)OC1(Cc2ccc(OCCCN=c3ccccn3O)cc2)CCCN(C(C)=O)C1. The van der Waals surface area contributed by atoms with Gasteiger partial charge in [-0.05, 0) is 49.1 Å². The van der Waals surface area contributed by atoms with E-state index in [0.717, 1.165) is 35.3 Å². The van der Waals surface area contributed by atoms with Crippen molar-refractivity contribution in [2.75, 3.05) is 26.2 Å². The highest BCUT2D eigenvalue weighted by Crippen LogP contribution is 2.30. The Balaban J connectivity index is 1.57. The fourth-order valence-electron chi connectivity index (χ4n) is 4.20. The molecule has 8 heteroatoms. The molecule has 1 aromatic carbocycles. The molecule has 0 radical (unpaired) electrons. The molecule has 184 valence electrons. The summed E-state index contributed by atoms with van der Waals surface area (Å²) >= 11 is 0. The van der Waals surface area contributed by atoms with Gasteiger partial charge in [-0.15, -0.1) is 0 Å². The van der Waals surface area contributed by atoms with Gasteiger partial charge < -0.3 is 19.6 Å². The van der Waals surface area contributed by atoms with Gasteiger partial charge in [-0.25, -0.2) is 0 Å². The summed E-state index contributed by atoms with van der Waals surface area (Å²) in [6.07, 6.45) is 5.47. The minimum atomic E-state index is -0.693.